The van der Waals surface area contributed by atoms with Crippen LogP contribution in [0, 0.1) is 12.8 Å². The molecular formula is C22H27N3OS. The molecule has 2 aromatic rings. The van der Waals surface area contributed by atoms with Gasteiger partial charge in [0.05, 0.1) is 11.4 Å². The van der Waals surface area contributed by atoms with E-state index < -0.39 is 0 Å². The predicted molar refractivity (Wildman–Crippen MR) is 110 cm³/mol. The molecule has 5 heteroatoms. The number of amides is 1. The standard InChI is InChI=1S/C22H27N3OS/c1-16-14-19(17-8-3-2-4-9-17)24-22(23-16)27-15-21(26)25-13-7-11-18-10-5-6-12-20(18)25/h2-4,8-9,14,18,20H,5-7,10-13,15H2,1H3/t18-,20-/m1/s1. The highest BCUT2D eigenvalue weighted by molar-refractivity contribution is 7.99. The van der Waals surface area contributed by atoms with Crippen molar-refractivity contribution in [2.24, 2.45) is 5.92 Å². The van der Waals surface area contributed by atoms with Crippen molar-refractivity contribution in [2.45, 2.75) is 56.6 Å². The second-order valence-corrected chi connectivity index (χ2v) is 8.62. The summed E-state index contributed by atoms with van der Waals surface area (Å²) in [5.41, 5.74) is 2.93. The van der Waals surface area contributed by atoms with Gasteiger partial charge in [-0.3, -0.25) is 4.79 Å². The van der Waals surface area contributed by atoms with Crippen molar-refractivity contribution in [1.82, 2.24) is 14.9 Å². The Bertz CT molecular complexity index is 793. The number of thioether (sulfide) groups is 1. The number of piperidine rings is 1. The van der Waals surface area contributed by atoms with Gasteiger partial charge in [-0.1, -0.05) is 54.9 Å². The van der Waals surface area contributed by atoms with Gasteiger partial charge in [-0.05, 0) is 44.6 Å². The zero-order valence-corrected chi connectivity index (χ0v) is 16.8. The van der Waals surface area contributed by atoms with Gasteiger partial charge in [-0.15, -0.1) is 0 Å². The van der Waals surface area contributed by atoms with Gasteiger partial charge in [-0.25, -0.2) is 9.97 Å². The lowest BCUT2D eigenvalue weighted by molar-refractivity contribution is -0.134. The number of carbonyl (C=O) groups is 1. The first kappa shape index (κ1) is 18.5. The molecule has 1 amide bonds. The molecular weight excluding hydrogens is 354 g/mol. The van der Waals surface area contributed by atoms with Crippen LogP contribution in [-0.4, -0.2) is 39.1 Å². The van der Waals surface area contributed by atoms with Crippen LogP contribution in [0.25, 0.3) is 11.3 Å². The normalized spacial score (nSPS) is 22.3. The van der Waals surface area contributed by atoms with E-state index in [9.17, 15) is 4.79 Å². The Hall–Kier alpha value is -1.88. The molecule has 1 aromatic carbocycles. The SMILES string of the molecule is Cc1cc(-c2ccccc2)nc(SCC(=O)N2CCC[C@H]3CCCC[C@H]32)n1. The van der Waals surface area contributed by atoms with Crippen molar-refractivity contribution in [3.8, 4) is 11.3 Å². The van der Waals surface area contributed by atoms with Gasteiger partial charge in [0, 0.05) is 23.8 Å². The van der Waals surface area contributed by atoms with Crippen molar-refractivity contribution in [2.75, 3.05) is 12.3 Å². The Morgan fingerprint density at radius 2 is 1.89 bits per heavy atom. The van der Waals surface area contributed by atoms with Gasteiger partial charge in [0.2, 0.25) is 5.91 Å². The van der Waals surface area contributed by atoms with Gasteiger partial charge in [-0.2, -0.15) is 0 Å². The third-order valence-corrected chi connectivity index (χ3v) is 6.62. The lowest BCUT2D eigenvalue weighted by atomic mass is 9.78. The lowest BCUT2D eigenvalue weighted by Gasteiger charge is -2.44. The largest absolute Gasteiger partial charge is 0.339 e. The third-order valence-electron chi connectivity index (χ3n) is 5.79. The van der Waals surface area contributed by atoms with Crippen molar-refractivity contribution in [1.29, 1.82) is 0 Å². The molecule has 4 rings (SSSR count). The molecule has 0 bridgehead atoms. The van der Waals surface area contributed by atoms with E-state index in [2.05, 4.69) is 27.0 Å². The predicted octanol–water partition coefficient (Wildman–Crippen LogP) is 4.73. The molecule has 1 aliphatic carbocycles. The number of rotatable bonds is 4. The lowest BCUT2D eigenvalue weighted by Crippen LogP contribution is -2.50. The Kier molecular flexibility index (Phi) is 5.77. The van der Waals surface area contributed by atoms with Crippen molar-refractivity contribution >= 4 is 17.7 Å². The van der Waals surface area contributed by atoms with E-state index >= 15 is 0 Å². The van der Waals surface area contributed by atoms with E-state index in [-0.39, 0.29) is 5.91 Å². The Morgan fingerprint density at radius 1 is 1.11 bits per heavy atom. The minimum atomic E-state index is 0.253. The van der Waals surface area contributed by atoms with Crippen LogP contribution in [0.2, 0.25) is 0 Å². The van der Waals surface area contributed by atoms with Crippen molar-refractivity contribution < 1.29 is 4.79 Å². The van der Waals surface area contributed by atoms with E-state index in [1.807, 2.05) is 31.2 Å². The summed E-state index contributed by atoms with van der Waals surface area (Å²) in [4.78, 5) is 24.3. The van der Waals surface area contributed by atoms with Crippen LogP contribution in [-0.2, 0) is 4.79 Å². The van der Waals surface area contributed by atoms with Gasteiger partial charge in [0.1, 0.15) is 0 Å². The summed E-state index contributed by atoms with van der Waals surface area (Å²) in [6.07, 6.45) is 7.51. The molecule has 142 valence electrons. The van der Waals surface area contributed by atoms with Crippen molar-refractivity contribution in [3.63, 3.8) is 0 Å². The van der Waals surface area contributed by atoms with Crippen LogP contribution >= 0.6 is 11.8 Å². The maximum absolute atomic E-state index is 12.9. The molecule has 0 N–H and O–H groups in total. The number of hydrogen-bond donors (Lipinski definition) is 0. The number of likely N-dealkylation sites (tertiary alicyclic amines) is 1. The van der Waals surface area contributed by atoms with Gasteiger partial charge in [0.15, 0.2) is 5.16 Å². The molecule has 2 aliphatic rings. The molecule has 2 heterocycles. The second kappa shape index (κ2) is 8.42. The van der Waals surface area contributed by atoms with Crippen LogP contribution in [0.15, 0.2) is 41.6 Å². The quantitative estimate of drug-likeness (QED) is 0.568. The van der Waals surface area contributed by atoms with Crippen LogP contribution in [0.4, 0.5) is 0 Å². The number of nitrogens with zero attached hydrogens (tertiary/aromatic N) is 3. The maximum atomic E-state index is 12.9. The topological polar surface area (TPSA) is 46.1 Å². The summed E-state index contributed by atoms with van der Waals surface area (Å²) in [5.74, 6) is 1.41. The first-order chi connectivity index (χ1) is 13.2. The third kappa shape index (κ3) is 4.34. The molecule has 1 aromatic heterocycles. The molecule has 2 fully saturated rings. The van der Waals surface area contributed by atoms with Gasteiger partial charge >= 0.3 is 0 Å². The van der Waals surface area contributed by atoms with E-state index in [0.717, 1.165) is 35.8 Å². The Balaban J connectivity index is 1.44. The molecule has 0 radical (unpaired) electrons. The highest BCUT2D eigenvalue weighted by Gasteiger charge is 2.35. The van der Waals surface area contributed by atoms with E-state index in [1.54, 1.807) is 0 Å². The maximum Gasteiger partial charge on any atom is 0.233 e. The fourth-order valence-electron chi connectivity index (χ4n) is 4.51. The minimum absolute atomic E-state index is 0.253. The molecule has 1 saturated carbocycles. The molecule has 1 saturated heterocycles. The summed E-state index contributed by atoms with van der Waals surface area (Å²) < 4.78 is 0. The van der Waals surface area contributed by atoms with E-state index in [4.69, 9.17) is 0 Å². The summed E-state index contributed by atoms with van der Waals surface area (Å²) in [6.45, 7) is 2.90. The van der Waals surface area contributed by atoms with Gasteiger partial charge < -0.3 is 4.90 Å². The summed E-state index contributed by atoms with van der Waals surface area (Å²) in [6, 6.07) is 12.6. The highest BCUT2D eigenvalue weighted by atomic mass is 32.2. The number of hydrogen-bond acceptors (Lipinski definition) is 4. The van der Waals surface area contributed by atoms with Crippen LogP contribution in [0.5, 0.6) is 0 Å². The summed E-state index contributed by atoms with van der Waals surface area (Å²) in [7, 11) is 0. The first-order valence-electron chi connectivity index (χ1n) is 10.0. The smallest absolute Gasteiger partial charge is 0.233 e. The fraction of sp³-hybridized carbons (Fsp3) is 0.500. The molecule has 0 unspecified atom stereocenters. The molecule has 27 heavy (non-hydrogen) atoms. The number of aryl methyl sites for hydroxylation is 1. The Labute approximate surface area is 165 Å². The Morgan fingerprint density at radius 3 is 2.74 bits per heavy atom. The van der Waals surface area contributed by atoms with Crippen LogP contribution in [0.1, 0.15) is 44.2 Å². The fourth-order valence-corrected chi connectivity index (χ4v) is 5.30. The molecule has 1 aliphatic heterocycles. The second-order valence-electron chi connectivity index (χ2n) is 7.67. The average Bonchev–Trinajstić information content (AvgIpc) is 2.72. The van der Waals surface area contributed by atoms with Crippen molar-refractivity contribution in [3.05, 3.63) is 42.1 Å². The van der Waals surface area contributed by atoms with Crippen LogP contribution < -0.4 is 0 Å². The zero-order chi connectivity index (χ0) is 18.6. The summed E-state index contributed by atoms with van der Waals surface area (Å²) in [5, 5.41) is 0.694. The van der Waals surface area contributed by atoms with Crippen LogP contribution in [0.3, 0.4) is 0 Å². The highest BCUT2D eigenvalue weighted by Crippen LogP contribution is 2.35. The zero-order valence-electron chi connectivity index (χ0n) is 15.9. The van der Waals surface area contributed by atoms with E-state index in [1.165, 1.54) is 43.9 Å². The number of carbonyl (C=O) groups excluding carboxylic acids is 1. The first-order valence-corrected chi connectivity index (χ1v) is 11.0. The summed E-state index contributed by atoms with van der Waals surface area (Å²) >= 11 is 1.47. The number of aromatic nitrogens is 2. The minimum Gasteiger partial charge on any atom is -0.339 e. The molecule has 4 nitrogen and oxygen atoms in total. The van der Waals surface area contributed by atoms with E-state index in [0.29, 0.717) is 17.0 Å². The molecule has 0 spiro atoms. The number of fused-ring (bicyclic) bond motifs is 1. The number of benzene rings is 1. The monoisotopic (exact) mass is 381 g/mol. The van der Waals surface area contributed by atoms with Gasteiger partial charge in [0.25, 0.3) is 0 Å². The average molecular weight is 382 g/mol. The molecule has 2 atom stereocenters.